The van der Waals surface area contributed by atoms with Crippen molar-refractivity contribution in [3.63, 3.8) is 0 Å². The zero-order chi connectivity index (χ0) is 11.4. The van der Waals surface area contributed by atoms with Crippen molar-refractivity contribution in [2.24, 2.45) is 17.6 Å². The summed E-state index contributed by atoms with van der Waals surface area (Å²) in [4.78, 5) is 11.5. The van der Waals surface area contributed by atoms with Crippen LogP contribution in [0.15, 0.2) is 0 Å². The Bertz CT molecular complexity index is 282. The normalized spacial score (nSPS) is 14.4. The van der Waals surface area contributed by atoms with E-state index in [1.54, 1.807) is 0 Å². The number of hydrogen-bond acceptors (Lipinski definition) is 4. The Morgan fingerprint density at radius 1 is 1.36 bits per heavy atom. The van der Waals surface area contributed by atoms with E-state index in [0.29, 0.717) is 6.54 Å². The molecule has 0 heterocycles. The molecule has 0 aromatic rings. The predicted octanol–water partition coefficient (Wildman–Crippen LogP) is 0.221. The standard InChI is InChI=1S/C9H19NO3S/c1-7(2)8(6-10)9(11)4-5-14(3,12)13/h7-8H,4-6,10H2,1-3H3. The summed E-state index contributed by atoms with van der Waals surface area (Å²) < 4.78 is 21.7. The van der Waals surface area contributed by atoms with Gasteiger partial charge in [0.05, 0.1) is 5.75 Å². The maximum Gasteiger partial charge on any atom is 0.147 e. The van der Waals surface area contributed by atoms with E-state index in [1.165, 1.54) is 0 Å². The number of carbonyl (C=O) groups excluding carboxylic acids is 1. The van der Waals surface area contributed by atoms with Crippen LogP contribution < -0.4 is 5.73 Å². The highest BCUT2D eigenvalue weighted by Gasteiger charge is 2.21. The van der Waals surface area contributed by atoms with Crippen molar-refractivity contribution in [2.75, 3.05) is 18.6 Å². The average Bonchev–Trinajstić information content (AvgIpc) is 2.00. The molecular formula is C9H19NO3S. The minimum absolute atomic E-state index is 0.0482. The summed E-state index contributed by atoms with van der Waals surface area (Å²) >= 11 is 0. The lowest BCUT2D eigenvalue weighted by atomic mass is 9.90. The molecule has 0 amide bonds. The summed E-state index contributed by atoms with van der Waals surface area (Å²) in [6.45, 7) is 4.12. The van der Waals surface area contributed by atoms with Gasteiger partial charge in [-0.05, 0) is 5.92 Å². The fourth-order valence-electron chi connectivity index (χ4n) is 1.25. The third-order valence-corrected chi connectivity index (χ3v) is 3.14. The topological polar surface area (TPSA) is 77.2 Å². The first kappa shape index (κ1) is 13.6. The minimum Gasteiger partial charge on any atom is -0.330 e. The van der Waals surface area contributed by atoms with Crippen LogP contribution in [0.1, 0.15) is 20.3 Å². The fourth-order valence-corrected chi connectivity index (χ4v) is 1.82. The van der Waals surface area contributed by atoms with Crippen molar-refractivity contribution >= 4 is 15.6 Å². The number of ketones is 1. The van der Waals surface area contributed by atoms with Crippen molar-refractivity contribution in [1.29, 1.82) is 0 Å². The molecule has 0 aliphatic rings. The van der Waals surface area contributed by atoms with Crippen LogP contribution in [-0.2, 0) is 14.6 Å². The van der Waals surface area contributed by atoms with E-state index >= 15 is 0 Å². The van der Waals surface area contributed by atoms with Crippen molar-refractivity contribution in [3.05, 3.63) is 0 Å². The third-order valence-electron chi connectivity index (χ3n) is 2.19. The smallest absolute Gasteiger partial charge is 0.147 e. The molecule has 0 aliphatic carbocycles. The Balaban J connectivity index is 4.20. The van der Waals surface area contributed by atoms with Gasteiger partial charge < -0.3 is 5.73 Å². The quantitative estimate of drug-likeness (QED) is 0.696. The summed E-state index contributed by atoms with van der Waals surface area (Å²) in [5, 5.41) is 0. The van der Waals surface area contributed by atoms with Gasteiger partial charge in [0.25, 0.3) is 0 Å². The summed E-state index contributed by atoms with van der Waals surface area (Å²) in [6.07, 6.45) is 1.21. The average molecular weight is 221 g/mol. The molecule has 0 radical (unpaired) electrons. The van der Waals surface area contributed by atoms with Gasteiger partial charge in [-0.1, -0.05) is 13.8 Å². The Morgan fingerprint density at radius 3 is 2.14 bits per heavy atom. The first-order chi connectivity index (χ1) is 6.28. The van der Waals surface area contributed by atoms with Gasteiger partial charge in [0.2, 0.25) is 0 Å². The number of carbonyl (C=O) groups is 1. The second-order valence-electron chi connectivity index (χ2n) is 3.93. The molecule has 4 nitrogen and oxygen atoms in total. The molecule has 1 unspecified atom stereocenters. The van der Waals surface area contributed by atoms with Crippen LogP contribution in [0.3, 0.4) is 0 Å². The third kappa shape index (κ3) is 5.34. The van der Waals surface area contributed by atoms with Gasteiger partial charge in [0.1, 0.15) is 15.6 Å². The van der Waals surface area contributed by atoms with Crippen molar-refractivity contribution in [3.8, 4) is 0 Å². The molecule has 0 saturated heterocycles. The van der Waals surface area contributed by atoms with Crippen molar-refractivity contribution < 1.29 is 13.2 Å². The van der Waals surface area contributed by atoms with E-state index in [1.807, 2.05) is 13.8 Å². The lowest BCUT2D eigenvalue weighted by Gasteiger charge is -2.16. The van der Waals surface area contributed by atoms with Crippen LogP contribution >= 0.6 is 0 Å². The summed E-state index contributed by atoms with van der Waals surface area (Å²) in [5.41, 5.74) is 5.44. The lowest BCUT2D eigenvalue weighted by Crippen LogP contribution is -2.29. The highest BCUT2D eigenvalue weighted by molar-refractivity contribution is 7.90. The Kier molecular flexibility index (Phi) is 5.29. The summed E-state index contributed by atoms with van der Waals surface area (Å²) in [7, 11) is -3.05. The number of sulfone groups is 1. The molecule has 0 saturated carbocycles. The molecule has 0 fully saturated rings. The van der Waals surface area contributed by atoms with Gasteiger partial charge in [0.15, 0.2) is 0 Å². The second kappa shape index (κ2) is 5.46. The molecule has 0 aliphatic heterocycles. The van der Waals surface area contributed by atoms with Gasteiger partial charge in [-0.3, -0.25) is 4.79 Å². The lowest BCUT2D eigenvalue weighted by molar-refractivity contribution is -0.123. The Labute approximate surface area is 85.8 Å². The van der Waals surface area contributed by atoms with Gasteiger partial charge in [-0.2, -0.15) is 0 Å². The van der Waals surface area contributed by atoms with E-state index in [-0.39, 0.29) is 29.8 Å². The largest absolute Gasteiger partial charge is 0.330 e. The fraction of sp³-hybridized carbons (Fsp3) is 0.889. The summed E-state index contributed by atoms with van der Waals surface area (Å²) in [5.74, 6) is -0.161. The molecule has 0 aromatic carbocycles. The molecule has 0 aromatic heterocycles. The molecule has 5 heteroatoms. The van der Waals surface area contributed by atoms with Crippen LogP contribution in [0, 0.1) is 11.8 Å². The Hall–Kier alpha value is -0.420. The minimum atomic E-state index is -3.05. The maximum atomic E-state index is 11.5. The van der Waals surface area contributed by atoms with Gasteiger partial charge in [0, 0.05) is 25.1 Å². The molecular weight excluding hydrogens is 202 g/mol. The van der Waals surface area contributed by atoms with E-state index in [2.05, 4.69) is 0 Å². The Morgan fingerprint density at radius 2 is 1.86 bits per heavy atom. The zero-order valence-corrected chi connectivity index (χ0v) is 9.80. The molecule has 84 valence electrons. The van der Waals surface area contributed by atoms with E-state index in [4.69, 9.17) is 5.73 Å². The number of rotatable bonds is 6. The van der Waals surface area contributed by atoms with Crippen LogP contribution in [0.5, 0.6) is 0 Å². The molecule has 2 N–H and O–H groups in total. The van der Waals surface area contributed by atoms with E-state index < -0.39 is 9.84 Å². The van der Waals surface area contributed by atoms with Crippen molar-refractivity contribution in [1.82, 2.24) is 0 Å². The molecule has 0 spiro atoms. The SMILES string of the molecule is CC(C)C(CN)C(=O)CCS(C)(=O)=O. The van der Waals surface area contributed by atoms with Gasteiger partial charge >= 0.3 is 0 Å². The van der Waals surface area contributed by atoms with Crippen LogP contribution in [-0.4, -0.2) is 32.8 Å². The molecule has 14 heavy (non-hydrogen) atoms. The predicted molar refractivity (Wildman–Crippen MR) is 56.7 cm³/mol. The van der Waals surface area contributed by atoms with E-state index in [0.717, 1.165) is 6.26 Å². The second-order valence-corrected chi connectivity index (χ2v) is 6.19. The van der Waals surface area contributed by atoms with Gasteiger partial charge in [-0.25, -0.2) is 8.42 Å². The maximum absolute atomic E-state index is 11.5. The number of hydrogen-bond donors (Lipinski definition) is 1. The number of Topliss-reactive ketones (excluding diaryl/α,β-unsaturated/α-hetero) is 1. The molecule has 1 atom stereocenters. The van der Waals surface area contributed by atoms with Crippen molar-refractivity contribution in [2.45, 2.75) is 20.3 Å². The molecule has 0 bridgehead atoms. The monoisotopic (exact) mass is 221 g/mol. The highest BCUT2D eigenvalue weighted by atomic mass is 32.2. The highest BCUT2D eigenvalue weighted by Crippen LogP contribution is 2.12. The van der Waals surface area contributed by atoms with Crippen LogP contribution in [0.25, 0.3) is 0 Å². The van der Waals surface area contributed by atoms with Gasteiger partial charge in [-0.15, -0.1) is 0 Å². The van der Waals surface area contributed by atoms with Crippen LogP contribution in [0.4, 0.5) is 0 Å². The first-order valence-electron chi connectivity index (χ1n) is 4.68. The zero-order valence-electron chi connectivity index (χ0n) is 8.99. The summed E-state index contributed by atoms with van der Waals surface area (Å²) in [6, 6.07) is 0. The first-order valence-corrected chi connectivity index (χ1v) is 6.74. The number of nitrogens with two attached hydrogens (primary N) is 1. The molecule has 0 rings (SSSR count). The van der Waals surface area contributed by atoms with Crippen LogP contribution in [0.2, 0.25) is 0 Å². The van der Waals surface area contributed by atoms with E-state index in [9.17, 15) is 13.2 Å².